The molecule has 0 saturated heterocycles. The Morgan fingerprint density at radius 1 is 0.722 bits per heavy atom. The van der Waals surface area contributed by atoms with E-state index in [9.17, 15) is 0 Å². The van der Waals surface area contributed by atoms with Crippen LogP contribution in [0.1, 0.15) is 0 Å². The lowest BCUT2D eigenvalue weighted by atomic mass is 10.0. The zero-order chi connectivity index (χ0) is 12.1. The van der Waals surface area contributed by atoms with Crippen LogP contribution in [0, 0.1) is 0 Å². The summed E-state index contributed by atoms with van der Waals surface area (Å²) in [6.45, 7) is 0. The minimum atomic E-state index is 0.733. The smallest absolute Gasteiger partial charge is 0.137 e. The highest BCUT2D eigenvalue weighted by molar-refractivity contribution is 6.38. The maximum Gasteiger partial charge on any atom is 0.137 e. The lowest BCUT2D eigenvalue weighted by molar-refractivity contribution is 0.669. The number of fused-ring (bicyclic) bond motifs is 5. The zero-order valence-electron chi connectivity index (χ0n) is 9.48. The third kappa shape index (κ3) is 1.22. The van der Waals surface area contributed by atoms with Gasteiger partial charge in [-0.05, 0) is 11.5 Å². The van der Waals surface area contributed by atoms with Crippen LogP contribution in [-0.2, 0) is 0 Å². The summed E-state index contributed by atoms with van der Waals surface area (Å²) in [5.74, 6) is 0. The molecule has 4 rings (SSSR count). The van der Waals surface area contributed by atoms with Crippen LogP contribution < -0.4 is 0 Å². The summed E-state index contributed by atoms with van der Waals surface area (Å²) in [7, 11) is 0. The molecule has 0 bridgehead atoms. The first-order chi connectivity index (χ1) is 8.84. The largest absolute Gasteiger partial charge is 0.456 e. The van der Waals surface area contributed by atoms with Gasteiger partial charge in [-0.2, -0.15) is 0 Å². The van der Waals surface area contributed by atoms with E-state index < -0.39 is 0 Å². The first-order valence-corrected chi connectivity index (χ1v) is 6.21. The fraction of sp³-hybridized carbons (Fsp3) is 0. The van der Waals surface area contributed by atoms with Gasteiger partial charge < -0.3 is 4.42 Å². The SMILES string of the molecule is Clc1cc2oc3ccccc3c2c2ccccc12. The Hall–Kier alpha value is -1.99. The molecule has 18 heavy (non-hydrogen) atoms. The van der Waals surface area contributed by atoms with E-state index >= 15 is 0 Å². The van der Waals surface area contributed by atoms with E-state index in [-0.39, 0.29) is 0 Å². The average molecular weight is 253 g/mol. The summed E-state index contributed by atoms with van der Waals surface area (Å²) in [5.41, 5.74) is 1.75. The summed E-state index contributed by atoms with van der Waals surface area (Å²) in [4.78, 5) is 0. The molecule has 0 N–H and O–H groups in total. The van der Waals surface area contributed by atoms with Gasteiger partial charge in [0.15, 0.2) is 0 Å². The van der Waals surface area contributed by atoms with E-state index in [1.165, 1.54) is 0 Å². The lowest BCUT2D eigenvalue weighted by Gasteiger charge is -2.01. The zero-order valence-corrected chi connectivity index (χ0v) is 10.2. The van der Waals surface area contributed by atoms with Gasteiger partial charge >= 0.3 is 0 Å². The van der Waals surface area contributed by atoms with Crippen LogP contribution in [0.3, 0.4) is 0 Å². The van der Waals surface area contributed by atoms with Crippen LogP contribution in [0.5, 0.6) is 0 Å². The Morgan fingerprint density at radius 2 is 1.39 bits per heavy atom. The molecule has 1 aromatic heterocycles. The second kappa shape index (κ2) is 3.50. The van der Waals surface area contributed by atoms with Gasteiger partial charge in [0.05, 0.1) is 5.02 Å². The van der Waals surface area contributed by atoms with Crippen molar-refractivity contribution >= 4 is 44.3 Å². The number of furan rings is 1. The normalized spacial score (nSPS) is 11.6. The van der Waals surface area contributed by atoms with Gasteiger partial charge in [-0.25, -0.2) is 0 Å². The Labute approximate surface area is 109 Å². The third-order valence-corrected chi connectivity index (χ3v) is 3.65. The second-order valence-electron chi connectivity index (χ2n) is 4.38. The van der Waals surface area contributed by atoms with E-state index in [0.29, 0.717) is 0 Å². The minimum Gasteiger partial charge on any atom is -0.456 e. The van der Waals surface area contributed by atoms with Crippen LogP contribution in [0.25, 0.3) is 32.7 Å². The lowest BCUT2D eigenvalue weighted by Crippen LogP contribution is -1.75. The molecule has 0 spiro atoms. The van der Waals surface area contributed by atoms with Crippen molar-refractivity contribution in [2.45, 2.75) is 0 Å². The van der Waals surface area contributed by atoms with Gasteiger partial charge in [-0.15, -0.1) is 0 Å². The van der Waals surface area contributed by atoms with Gasteiger partial charge in [0, 0.05) is 22.2 Å². The highest BCUT2D eigenvalue weighted by Crippen LogP contribution is 2.37. The summed E-state index contributed by atoms with van der Waals surface area (Å²) in [6, 6.07) is 18.1. The van der Waals surface area contributed by atoms with Gasteiger partial charge in [0.25, 0.3) is 0 Å². The molecule has 0 aliphatic heterocycles. The molecule has 4 aromatic rings. The molecule has 1 nitrogen and oxygen atoms in total. The number of benzene rings is 3. The molecule has 0 aliphatic carbocycles. The maximum atomic E-state index is 6.30. The van der Waals surface area contributed by atoms with Gasteiger partial charge in [0.1, 0.15) is 11.2 Å². The summed E-state index contributed by atoms with van der Waals surface area (Å²) >= 11 is 6.30. The van der Waals surface area contributed by atoms with E-state index in [2.05, 4.69) is 12.1 Å². The van der Waals surface area contributed by atoms with Crippen molar-refractivity contribution in [3.8, 4) is 0 Å². The van der Waals surface area contributed by atoms with Crippen LogP contribution >= 0.6 is 11.6 Å². The highest BCUT2D eigenvalue weighted by atomic mass is 35.5. The van der Waals surface area contributed by atoms with Crippen molar-refractivity contribution in [2.24, 2.45) is 0 Å². The fourth-order valence-corrected chi connectivity index (χ4v) is 2.81. The summed E-state index contributed by atoms with van der Waals surface area (Å²) < 4.78 is 5.86. The van der Waals surface area contributed by atoms with Crippen molar-refractivity contribution in [2.75, 3.05) is 0 Å². The topological polar surface area (TPSA) is 13.1 Å². The molecule has 86 valence electrons. The molecular weight excluding hydrogens is 244 g/mol. The van der Waals surface area contributed by atoms with Crippen LogP contribution in [0.4, 0.5) is 0 Å². The number of rotatable bonds is 0. The molecule has 0 aliphatic rings. The molecule has 0 fully saturated rings. The van der Waals surface area contributed by atoms with Crippen molar-refractivity contribution in [1.29, 1.82) is 0 Å². The number of para-hydroxylation sites is 1. The summed E-state index contributed by atoms with van der Waals surface area (Å²) in [5, 5.41) is 5.23. The van der Waals surface area contributed by atoms with Crippen LogP contribution in [-0.4, -0.2) is 0 Å². The molecule has 3 aromatic carbocycles. The Bertz CT molecular complexity index is 889. The van der Waals surface area contributed by atoms with Crippen molar-refractivity contribution in [3.63, 3.8) is 0 Å². The second-order valence-corrected chi connectivity index (χ2v) is 4.78. The standard InChI is InChI=1S/C16H9ClO/c17-13-9-15-16(11-6-2-1-5-10(11)13)12-7-3-4-8-14(12)18-15/h1-9H. The van der Waals surface area contributed by atoms with Crippen molar-refractivity contribution < 1.29 is 4.42 Å². The maximum absolute atomic E-state index is 6.30. The van der Waals surface area contributed by atoms with Crippen LogP contribution in [0.2, 0.25) is 5.02 Å². The summed E-state index contributed by atoms with van der Waals surface area (Å²) in [6.07, 6.45) is 0. The Morgan fingerprint density at radius 3 is 2.22 bits per heavy atom. The Balaban J connectivity index is 2.39. The molecule has 0 amide bonds. The molecule has 0 unspecified atom stereocenters. The van der Waals surface area contributed by atoms with E-state index in [1.807, 2.05) is 42.5 Å². The molecule has 0 atom stereocenters. The molecular formula is C16H9ClO. The van der Waals surface area contributed by atoms with Gasteiger partial charge in [0.2, 0.25) is 0 Å². The van der Waals surface area contributed by atoms with Crippen molar-refractivity contribution in [1.82, 2.24) is 0 Å². The van der Waals surface area contributed by atoms with Crippen LogP contribution in [0.15, 0.2) is 59.0 Å². The minimum absolute atomic E-state index is 0.733. The van der Waals surface area contributed by atoms with Gasteiger partial charge in [-0.1, -0.05) is 54.1 Å². The fourth-order valence-electron chi connectivity index (χ4n) is 2.55. The predicted molar refractivity (Wildman–Crippen MR) is 76.2 cm³/mol. The first-order valence-electron chi connectivity index (χ1n) is 5.83. The average Bonchev–Trinajstić information content (AvgIpc) is 2.77. The third-order valence-electron chi connectivity index (χ3n) is 3.33. The highest BCUT2D eigenvalue weighted by Gasteiger charge is 2.11. The van der Waals surface area contributed by atoms with Crippen molar-refractivity contribution in [3.05, 3.63) is 59.6 Å². The molecule has 1 heterocycles. The Kier molecular flexibility index (Phi) is 1.94. The first kappa shape index (κ1) is 9.98. The monoisotopic (exact) mass is 252 g/mol. The molecule has 0 saturated carbocycles. The molecule has 2 heteroatoms. The van der Waals surface area contributed by atoms with E-state index in [0.717, 1.165) is 37.7 Å². The number of hydrogen-bond acceptors (Lipinski definition) is 1. The number of halogens is 1. The van der Waals surface area contributed by atoms with Gasteiger partial charge in [-0.3, -0.25) is 0 Å². The molecule has 0 radical (unpaired) electrons. The quantitative estimate of drug-likeness (QED) is 0.409. The predicted octanol–water partition coefficient (Wildman–Crippen LogP) is 5.39. The van der Waals surface area contributed by atoms with E-state index in [4.69, 9.17) is 16.0 Å². The number of hydrogen-bond donors (Lipinski definition) is 0. The van der Waals surface area contributed by atoms with E-state index in [1.54, 1.807) is 0 Å².